The maximum absolute atomic E-state index is 11.9. The number of esters is 1. The van der Waals surface area contributed by atoms with E-state index in [0.29, 0.717) is 23.7 Å². The summed E-state index contributed by atoms with van der Waals surface area (Å²) in [5.41, 5.74) is 6.55. The number of hydrogen-bond acceptors (Lipinski definition) is 6. The van der Waals surface area contributed by atoms with E-state index in [1.54, 1.807) is 19.2 Å². The van der Waals surface area contributed by atoms with Gasteiger partial charge in [-0.05, 0) is 32.4 Å². The van der Waals surface area contributed by atoms with E-state index in [2.05, 4.69) is 22.1 Å². The first kappa shape index (κ1) is 15.6. The highest BCUT2D eigenvalue weighted by molar-refractivity contribution is 5.95. The van der Waals surface area contributed by atoms with Gasteiger partial charge in [0.05, 0.1) is 18.5 Å². The van der Waals surface area contributed by atoms with Gasteiger partial charge >= 0.3 is 5.97 Å². The van der Waals surface area contributed by atoms with Crippen molar-refractivity contribution in [3.05, 3.63) is 17.8 Å². The molecular weight excluding hydrogens is 268 g/mol. The lowest BCUT2D eigenvalue weighted by Crippen LogP contribution is -2.31. The number of ether oxygens (including phenoxy) is 1. The number of likely N-dealkylation sites (N-methyl/N-ethyl adjacent to an activating group) is 1. The molecule has 1 saturated carbocycles. The zero-order valence-electron chi connectivity index (χ0n) is 12.8. The number of hydrogen-bond donors (Lipinski definition) is 2. The number of carbonyl (C=O) groups is 1. The Morgan fingerprint density at radius 3 is 2.90 bits per heavy atom. The minimum absolute atomic E-state index is 0.332. The predicted octanol–water partition coefficient (Wildman–Crippen LogP) is 1.74. The highest BCUT2D eigenvalue weighted by Crippen LogP contribution is 2.26. The van der Waals surface area contributed by atoms with Crippen LogP contribution in [0.1, 0.15) is 37.0 Å². The molecule has 0 saturated heterocycles. The molecule has 0 unspecified atom stereocenters. The van der Waals surface area contributed by atoms with Crippen LogP contribution in [0, 0.1) is 0 Å². The van der Waals surface area contributed by atoms with Crippen molar-refractivity contribution in [2.45, 2.75) is 32.7 Å². The molecule has 1 fully saturated rings. The standard InChI is InChI=1S/C15H24N4O2/c1-3-19(12-5-6-12)8-7-17-14-13(15(20)21-4-2)9-11(16)10-18-14/h9-10,12H,3-8,16H2,1-2H3,(H,17,18). The Morgan fingerprint density at radius 1 is 1.52 bits per heavy atom. The Labute approximate surface area is 125 Å². The monoisotopic (exact) mass is 292 g/mol. The van der Waals surface area contributed by atoms with Crippen molar-refractivity contribution in [2.24, 2.45) is 0 Å². The first-order chi connectivity index (χ1) is 10.2. The summed E-state index contributed by atoms with van der Waals surface area (Å²) >= 11 is 0. The lowest BCUT2D eigenvalue weighted by atomic mass is 10.2. The van der Waals surface area contributed by atoms with Crippen LogP contribution in [0.3, 0.4) is 0 Å². The third-order valence-electron chi connectivity index (χ3n) is 3.57. The number of pyridine rings is 1. The summed E-state index contributed by atoms with van der Waals surface area (Å²) in [6.45, 7) is 7.01. The topological polar surface area (TPSA) is 80.5 Å². The fourth-order valence-corrected chi connectivity index (χ4v) is 2.34. The van der Waals surface area contributed by atoms with E-state index in [1.807, 2.05) is 0 Å². The first-order valence-electron chi connectivity index (χ1n) is 7.56. The summed E-state index contributed by atoms with van der Waals surface area (Å²) in [5.74, 6) is 0.142. The largest absolute Gasteiger partial charge is 0.462 e. The second kappa shape index (κ2) is 7.26. The lowest BCUT2D eigenvalue weighted by molar-refractivity contribution is 0.0527. The van der Waals surface area contributed by atoms with Gasteiger partial charge in [0.1, 0.15) is 11.4 Å². The Kier molecular flexibility index (Phi) is 5.38. The molecule has 0 bridgehead atoms. The third-order valence-corrected chi connectivity index (χ3v) is 3.57. The number of nitrogens with zero attached hydrogens (tertiary/aromatic N) is 2. The number of carbonyl (C=O) groups excluding carboxylic acids is 1. The van der Waals surface area contributed by atoms with Crippen LogP contribution in [0.25, 0.3) is 0 Å². The van der Waals surface area contributed by atoms with Crippen molar-refractivity contribution in [1.29, 1.82) is 0 Å². The average molecular weight is 292 g/mol. The van der Waals surface area contributed by atoms with Crippen molar-refractivity contribution in [1.82, 2.24) is 9.88 Å². The zero-order valence-corrected chi connectivity index (χ0v) is 12.8. The number of anilines is 2. The molecule has 0 amide bonds. The molecule has 1 aromatic rings. The molecule has 6 heteroatoms. The van der Waals surface area contributed by atoms with Crippen molar-refractivity contribution in [2.75, 3.05) is 37.3 Å². The van der Waals surface area contributed by atoms with Gasteiger partial charge in [0.15, 0.2) is 0 Å². The van der Waals surface area contributed by atoms with Gasteiger partial charge < -0.3 is 15.8 Å². The van der Waals surface area contributed by atoms with Crippen LogP contribution in [0.5, 0.6) is 0 Å². The average Bonchev–Trinajstić information content (AvgIpc) is 3.29. The van der Waals surface area contributed by atoms with Gasteiger partial charge in [-0.1, -0.05) is 6.92 Å². The fraction of sp³-hybridized carbons (Fsp3) is 0.600. The summed E-state index contributed by atoms with van der Waals surface area (Å²) in [5, 5.41) is 3.22. The molecule has 0 aromatic carbocycles. The first-order valence-corrected chi connectivity index (χ1v) is 7.56. The maximum atomic E-state index is 11.9. The maximum Gasteiger partial charge on any atom is 0.341 e. The number of aromatic nitrogens is 1. The molecule has 2 rings (SSSR count). The van der Waals surface area contributed by atoms with Gasteiger partial charge in [-0.3, -0.25) is 4.90 Å². The molecule has 1 heterocycles. The minimum atomic E-state index is -0.394. The molecule has 0 spiro atoms. The molecule has 0 radical (unpaired) electrons. The van der Waals surface area contributed by atoms with Crippen LogP contribution < -0.4 is 11.1 Å². The van der Waals surface area contributed by atoms with E-state index >= 15 is 0 Å². The molecule has 1 aliphatic rings. The van der Waals surface area contributed by atoms with E-state index in [0.717, 1.165) is 25.7 Å². The Morgan fingerprint density at radius 2 is 2.29 bits per heavy atom. The fourth-order valence-electron chi connectivity index (χ4n) is 2.34. The summed E-state index contributed by atoms with van der Waals surface area (Å²) in [6.07, 6.45) is 4.13. The van der Waals surface area contributed by atoms with Crippen LogP contribution in [0.4, 0.5) is 11.5 Å². The van der Waals surface area contributed by atoms with Crippen LogP contribution in [0.15, 0.2) is 12.3 Å². The summed E-state index contributed by atoms with van der Waals surface area (Å²) < 4.78 is 5.04. The molecule has 3 N–H and O–H groups in total. The van der Waals surface area contributed by atoms with Gasteiger partial charge in [0.25, 0.3) is 0 Å². The van der Waals surface area contributed by atoms with E-state index in [1.165, 1.54) is 12.8 Å². The molecule has 0 aliphatic heterocycles. The van der Waals surface area contributed by atoms with Gasteiger partial charge in [-0.15, -0.1) is 0 Å². The summed E-state index contributed by atoms with van der Waals surface area (Å²) in [6, 6.07) is 2.34. The molecule has 21 heavy (non-hydrogen) atoms. The number of nitrogen functional groups attached to an aromatic ring is 1. The number of nitrogens with two attached hydrogens (primary N) is 1. The zero-order chi connectivity index (χ0) is 15.2. The summed E-state index contributed by atoms with van der Waals surface area (Å²) in [4.78, 5) is 18.6. The van der Waals surface area contributed by atoms with Gasteiger partial charge in [0.2, 0.25) is 0 Å². The van der Waals surface area contributed by atoms with Crippen LogP contribution in [0.2, 0.25) is 0 Å². The van der Waals surface area contributed by atoms with E-state index in [-0.39, 0.29) is 0 Å². The number of rotatable bonds is 8. The normalized spacial score (nSPS) is 14.2. The van der Waals surface area contributed by atoms with Gasteiger partial charge in [0, 0.05) is 19.1 Å². The van der Waals surface area contributed by atoms with Crippen molar-refractivity contribution in [3.8, 4) is 0 Å². The summed E-state index contributed by atoms with van der Waals surface area (Å²) in [7, 11) is 0. The molecule has 0 atom stereocenters. The van der Waals surface area contributed by atoms with Crippen molar-refractivity contribution in [3.63, 3.8) is 0 Å². The molecule has 116 valence electrons. The van der Waals surface area contributed by atoms with Crippen LogP contribution in [-0.2, 0) is 4.74 Å². The highest BCUT2D eigenvalue weighted by Gasteiger charge is 2.27. The minimum Gasteiger partial charge on any atom is -0.462 e. The Balaban J connectivity index is 1.96. The van der Waals surface area contributed by atoms with Crippen molar-refractivity contribution < 1.29 is 9.53 Å². The smallest absolute Gasteiger partial charge is 0.341 e. The third kappa shape index (κ3) is 4.32. The lowest BCUT2D eigenvalue weighted by Gasteiger charge is -2.20. The second-order valence-electron chi connectivity index (χ2n) is 5.17. The quantitative estimate of drug-likeness (QED) is 0.710. The van der Waals surface area contributed by atoms with E-state index in [4.69, 9.17) is 10.5 Å². The molecular formula is C15H24N4O2. The van der Waals surface area contributed by atoms with E-state index in [9.17, 15) is 4.79 Å². The molecule has 1 aromatic heterocycles. The predicted molar refractivity (Wildman–Crippen MR) is 83.4 cm³/mol. The Bertz CT molecular complexity index is 489. The molecule has 1 aliphatic carbocycles. The van der Waals surface area contributed by atoms with Gasteiger partial charge in [-0.25, -0.2) is 9.78 Å². The van der Waals surface area contributed by atoms with Crippen LogP contribution in [-0.4, -0.2) is 48.1 Å². The Hall–Kier alpha value is -1.82. The van der Waals surface area contributed by atoms with Crippen LogP contribution >= 0.6 is 0 Å². The molecule has 6 nitrogen and oxygen atoms in total. The van der Waals surface area contributed by atoms with Gasteiger partial charge in [-0.2, -0.15) is 0 Å². The van der Waals surface area contributed by atoms with Crippen molar-refractivity contribution >= 4 is 17.5 Å². The SMILES string of the molecule is CCOC(=O)c1cc(N)cnc1NCCN(CC)C1CC1. The second-order valence-corrected chi connectivity index (χ2v) is 5.17. The van der Waals surface area contributed by atoms with E-state index < -0.39 is 5.97 Å². The highest BCUT2D eigenvalue weighted by atomic mass is 16.5. The number of nitrogens with one attached hydrogen (secondary N) is 1.